The highest BCUT2D eigenvalue weighted by atomic mass is 19.3. The van der Waals surface area contributed by atoms with Crippen LogP contribution in [0, 0.1) is 11.3 Å². The molecule has 1 unspecified atom stereocenters. The predicted molar refractivity (Wildman–Crippen MR) is 125 cm³/mol. The summed E-state index contributed by atoms with van der Waals surface area (Å²) in [4.78, 5) is 26.2. The number of pyridine rings is 1. The largest absolute Gasteiger partial charge is 0.494 e. The molecule has 2 atom stereocenters. The minimum Gasteiger partial charge on any atom is -0.494 e. The van der Waals surface area contributed by atoms with Crippen molar-refractivity contribution < 1.29 is 23.1 Å². The van der Waals surface area contributed by atoms with Gasteiger partial charge in [0, 0.05) is 50.7 Å². The fourth-order valence-electron chi connectivity index (χ4n) is 4.43. The molecule has 2 aliphatic rings. The second-order valence-electron chi connectivity index (χ2n) is 8.86. The molecular formula is C24H30F2N6O3. The number of nitrogens with one attached hydrogen (secondary N) is 2. The maximum absolute atomic E-state index is 13.7. The van der Waals surface area contributed by atoms with Crippen molar-refractivity contribution in [1.82, 2.24) is 25.6 Å². The summed E-state index contributed by atoms with van der Waals surface area (Å²) in [6, 6.07) is 7.80. The minimum atomic E-state index is -2.97. The van der Waals surface area contributed by atoms with Crippen molar-refractivity contribution in [2.75, 3.05) is 45.9 Å². The summed E-state index contributed by atoms with van der Waals surface area (Å²) in [5.74, 6) is -2.88. The lowest BCUT2D eigenvalue weighted by molar-refractivity contribution is -0.0967. The Bertz CT molecular complexity index is 1070. The van der Waals surface area contributed by atoms with Crippen LogP contribution in [0.25, 0.3) is 10.9 Å². The van der Waals surface area contributed by atoms with Gasteiger partial charge in [-0.2, -0.15) is 5.26 Å². The van der Waals surface area contributed by atoms with Crippen molar-refractivity contribution in [3.63, 3.8) is 0 Å². The van der Waals surface area contributed by atoms with Gasteiger partial charge < -0.3 is 15.0 Å². The van der Waals surface area contributed by atoms with Gasteiger partial charge >= 0.3 is 0 Å². The average Bonchev–Trinajstić information content (AvgIpc) is 3.19. The van der Waals surface area contributed by atoms with Gasteiger partial charge in [-0.25, -0.2) is 14.3 Å². The molecule has 188 valence electrons. The van der Waals surface area contributed by atoms with Gasteiger partial charge in [0.15, 0.2) is 0 Å². The number of halogens is 2. The number of benzene rings is 1. The van der Waals surface area contributed by atoms with Crippen LogP contribution in [0.15, 0.2) is 30.5 Å². The van der Waals surface area contributed by atoms with Gasteiger partial charge in [-0.1, -0.05) is 0 Å². The number of likely N-dealkylation sites (tertiary alicyclic amines) is 1. The number of piperazine rings is 1. The summed E-state index contributed by atoms with van der Waals surface area (Å²) in [6.07, 6.45) is 0.947. The van der Waals surface area contributed by atoms with Crippen LogP contribution < -0.4 is 15.5 Å². The number of carbonyl (C=O) groups excluding carboxylic acids is 1. The molecule has 2 N–H and O–H groups in total. The standard InChI is InChI=1S/C24H30F2N6O3/c1-17(32-16-24(25,26)14-18(32)15-27)35-30-23(33)20-5-6-29-22-4-3-19(13-21(20)22)34-12-2-9-31-10-7-28-8-11-31/h3-6,13,17-18,28H,2,7-12,14,16H2,1H3,(H,30,33)/t17-,18?/m0/s1. The SMILES string of the molecule is C[C@H](ONC(=O)c1ccnc2ccc(OCCCN3CCNCC3)cc12)N1CC(F)(F)CC1C#N. The molecule has 11 heteroatoms. The molecule has 0 radical (unpaired) electrons. The zero-order valence-corrected chi connectivity index (χ0v) is 19.7. The number of fused-ring (bicyclic) bond motifs is 1. The molecule has 1 aromatic heterocycles. The van der Waals surface area contributed by atoms with Crippen LogP contribution >= 0.6 is 0 Å². The van der Waals surface area contributed by atoms with E-state index in [1.54, 1.807) is 18.2 Å². The molecule has 0 aliphatic carbocycles. The lowest BCUT2D eigenvalue weighted by atomic mass is 10.1. The molecule has 2 saturated heterocycles. The Kier molecular flexibility index (Phi) is 8.07. The van der Waals surface area contributed by atoms with E-state index in [-0.39, 0.29) is 0 Å². The van der Waals surface area contributed by atoms with Crippen LogP contribution in [0.5, 0.6) is 5.75 Å². The lowest BCUT2D eigenvalue weighted by Gasteiger charge is -2.27. The third kappa shape index (κ3) is 6.41. The van der Waals surface area contributed by atoms with Crippen LogP contribution in [0.2, 0.25) is 0 Å². The third-order valence-corrected chi connectivity index (χ3v) is 6.30. The number of alkyl halides is 2. The third-order valence-electron chi connectivity index (χ3n) is 6.30. The zero-order chi connectivity index (χ0) is 24.8. The molecule has 1 aromatic carbocycles. The van der Waals surface area contributed by atoms with Crippen molar-refractivity contribution >= 4 is 16.8 Å². The average molecular weight is 489 g/mol. The van der Waals surface area contributed by atoms with Gasteiger partial charge in [-0.15, -0.1) is 0 Å². The van der Waals surface area contributed by atoms with Gasteiger partial charge in [0.25, 0.3) is 11.8 Å². The molecule has 2 fully saturated rings. The summed E-state index contributed by atoms with van der Waals surface area (Å²) < 4.78 is 33.3. The molecule has 1 amide bonds. The van der Waals surface area contributed by atoms with E-state index in [1.165, 1.54) is 18.0 Å². The Hall–Kier alpha value is -2.91. The molecule has 0 spiro atoms. The minimum absolute atomic E-state index is 0.317. The fraction of sp³-hybridized carbons (Fsp3) is 0.542. The van der Waals surface area contributed by atoms with Gasteiger partial charge in [-0.05, 0) is 37.6 Å². The molecular weight excluding hydrogens is 458 g/mol. The molecule has 9 nitrogen and oxygen atoms in total. The van der Waals surface area contributed by atoms with E-state index in [9.17, 15) is 13.6 Å². The van der Waals surface area contributed by atoms with Crippen molar-refractivity contribution in [2.45, 2.75) is 38.0 Å². The van der Waals surface area contributed by atoms with E-state index in [4.69, 9.17) is 14.8 Å². The number of carbonyl (C=O) groups is 1. The van der Waals surface area contributed by atoms with E-state index >= 15 is 0 Å². The Labute approximate surface area is 202 Å². The first kappa shape index (κ1) is 25.2. The summed E-state index contributed by atoms with van der Waals surface area (Å²) in [7, 11) is 0. The normalized spacial score (nSPS) is 21.5. The van der Waals surface area contributed by atoms with E-state index in [0.29, 0.717) is 28.8 Å². The highest BCUT2D eigenvalue weighted by Crippen LogP contribution is 2.33. The molecule has 2 aromatic rings. The van der Waals surface area contributed by atoms with Crippen LogP contribution in [-0.4, -0.2) is 84.8 Å². The molecule has 35 heavy (non-hydrogen) atoms. The lowest BCUT2D eigenvalue weighted by Crippen LogP contribution is -2.43. The van der Waals surface area contributed by atoms with Crippen LogP contribution in [-0.2, 0) is 4.84 Å². The van der Waals surface area contributed by atoms with E-state index in [1.807, 2.05) is 12.1 Å². The van der Waals surface area contributed by atoms with Crippen LogP contribution in [0.1, 0.15) is 30.1 Å². The first-order chi connectivity index (χ1) is 16.9. The first-order valence-electron chi connectivity index (χ1n) is 11.8. The number of rotatable bonds is 9. The zero-order valence-electron chi connectivity index (χ0n) is 19.7. The monoisotopic (exact) mass is 488 g/mol. The summed E-state index contributed by atoms with van der Waals surface area (Å²) in [5.41, 5.74) is 3.26. The topological polar surface area (TPSA) is 103 Å². The summed E-state index contributed by atoms with van der Waals surface area (Å²) >= 11 is 0. The number of aromatic nitrogens is 1. The van der Waals surface area contributed by atoms with E-state index in [2.05, 4.69) is 20.7 Å². The van der Waals surface area contributed by atoms with Crippen molar-refractivity contribution in [1.29, 1.82) is 5.26 Å². The van der Waals surface area contributed by atoms with E-state index in [0.717, 1.165) is 39.1 Å². The Balaban J connectivity index is 1.35. The predicted octanol–water partition coefficient (Wildman–Crippen LogP) is 2.15. The van der Waals surface area contributed by atoms with Crippen LogP contribution in [0.3, 0.4) is 0 Å². The Morgan fingerprint density at radius 3 is 2.94 bits per heavy atom. The number of hydrogen-bond donors (Lipinski definition) is 2. The van der Waals surface area contributed by atoms with Gasteiger partial charge in [-0.3, -0.25) is 19.5 Å². The van der Waals surface area contributed by atoms with Gasteiger partial charge in [0.2, 0.25) is 0 Å². The maximum atomic E-state index is 13.7. The highest BCUT2D eigenvalue weighted by Gasteiger charge is 2.47. The summed E-state index contributed by atoms with van der Waals surface area (Å²) in [5, 5.41) is 13.1. The highest BCUT2D eigenvalue weighted by molar-refractivity contribution is 6.05. The Morgan fingerprint density at radius 1 is 1.37 bits per heavy atom. The second-order valence-corrected chi connectivity index (χ2v) is 8.86. The maximum Gasteiger partial charge on any atom is 0.275 e. The van der Waals surface area contributed by atoms with Crippen molar-refractivity contribution in [3.05, 3.63) is 36.0 Å². The van der Waals surface area contributed by atoms with Gasteiger partial charge in [0.1, 0.15) is 18.0 Å². The van der Waals surface area contributed by atoms with Crippen molar-refractivity contribution in [2.24, 2.45) is 0 Å². The number of nitriles is 1. The van der Waals surface area contributed by atoms with E-state index < -0.39 is 37.1 Å². The Morgan fingerprint density at radius 2 is 2.17 bits per heavy atom. The summed E-state index contributed by atoms with van der Waals surface area (Å²) in [6.45, 7) is 6.54. The quantitative estimate of drug-likeness (QED) is 0.409. The number of amides is 1. The smallest absolute Gasteiger partial charge is 0.275 e. The van der Waals surface area contributed by atoms with Gasteiger partial charge in [0.05, 0.1) is 30.3 Å². The molecule has 0 saturated carbocycles. The molecule has 0 bridgehead atoms. The van der Waals surface area contributed by atoms with Crippen LogP contribution in [0.4, 0.5) is 8.78 Å². The fourth-order valence-corrected chi connectivity index (χ4v) is 4.43. The van der Waals surface area contributed by atoms with Crippen molar-refractivity contribution in [3.8, 4) is 11.8 Å². The molecule has 3 heterocycles. The molecule has 4 rings (SSSR count). The number of nitrogens with zero attached hydrogens (tertiary/aromatic N) is 4. The second kappa shape index (κ2) is 11.2. The number of hydrogen-bond acceptors (Lipinski definition) is 8. The first-order valence-corrected chi connectivity index (χ1v) is 11.8. The number of hydroxylamine groups is 1. The number of ether oxygens (including phenoxy) is 1. The molecule has 2 aliphatic heterocycles.